The molecular formula is C12H27O2PS2. The first-order chi connectivity index (χ1) is 7.83. The fraction of sp³-hybridized carbons (Fsp3) is 1.00. The van der Waals surface area contributed by atoms with Gasteiger partial charge in [0.2, 0.25) is 5.69 Å². The summed E-state index contributed by atoms with van der Waals surface area (Å²) >= 11 is 6.50. The molecule has 0 fully saturated rings. The second-order valence-electron chi connectivity index (χ2n) is 5.23. The summed E-state index contributed by atoms with van der Waals surface area (Å²) in [5.74, 6) is 2.20. The van der Waals surface area contributed by atoms with Gasteiger partial charge in [-0.2, -0.15) is 0 Å². The second-order valence-corrected chi connectivity index (χ2v) is 11.5. The standard InChI is InChI=1S/C12H27O2PS2/c1-11(2)8-6-5-7-9-14-15(13,16)17-10-12(3)4/h11-12H,5-10H2,1-4H3,(H,13,16). The van der Waals surface area contributed by atoms with Gasteiger partial charge in [-0.05, 0) is 30.1 Å². The van der Waals surface area contributed by atoms with Gasteiger partial charge in [0, 0.05) is 5.75 Å². The van der Waals surface area contributed by atoms with Crippen molar-refractivity contribution in [3.05, 3.63) is 0 Å². The summed E-state index contributed by atoms with van der Waals surface area (Å²) in [5.41, 5.74) is -2.56. The van der Waals surface area contributed by atoms with E-state index in [1.807, 2.05) is 0 Å². The molecule has 17 heavy (non-hydrogen) atoms. The fourth-order valence-electron chi connectivity index (χ4n) is 1.29. The molecule has 104 valence electrons. The molecule has 0 saturated heterocycles. The Labute approximate surface area is 116 Å². The zero-order valence-electron chi connectivity index (χ0n) is 11.5. The smallest absolute Gasteiger partial charge is 0.244 e. The molecule has 0 saturated carbocycles. The lowest BCUT2D eigenvalue weighted by atomic mass is 10.1. The van der Waals surface area contributed by atoms with E-state index >= 15 is 0 Å². The fourth-order valence-corrected chi connectivity index (χ4v) is 4.89. The minimum atomic E-state index is -2.56. The first-order valence-electron chi connectivity index (χ1n) is 6.45. The summed E-state index contributed by atoms with van der Waals surface area (Å²) in [5, 5.41) is 0. The molecular weight excluding hydrogens is 271 g/mol. The number of hydrogen-bond acceptors (Lipinski definition) is 3. The summed E-state index contributed by atoms with van der Waals surface area (Å²) in [6, 6.07) is 0. The number of rotatable bonds is 10. The van der Waals surface area contributed by atoms with Crippen LogP contribution in [0.2, 0.25) is 0 Å². The third-order valence-corrected chi connectivity index (χ3v) is 6.91. The van der Waals surface area contributed by atoms with Crippen LogP contribution in [0.25, 0.3) is 0 Å². The van der Waals surface area contributed by atoms with E-state index in [4.69, 9.17) is 16.3 Å². The molecule has 0 heterocycles. The summed E-state index contributed by atoms with van der Waals surface area (Å²) in [7, 11) is 0. The Kier molecular flexibility index (Phi) is 10.3. The van der Waals surface area contributed by atoms with Crippen LogP contribution in [0.3, 0.4) is 0 Å². The van der Waals surface area contributed by atoms with Crippen molar-refractivity contribution in [2.45, 2.75) is 53.4 Å². The molecule has 0 aromatic rings. The van der Waals surface area contributed by atoms with Gasteiger partial charge in [0.25, 0.3) is 0 Å². The van der Waals surface area contributed by atoms with E-state index in [2.05, 4.69) is 27.7 Å². The lowest BCUT2D eigenvalue weighted by Crippen LogP contribution is -1.95. The van der Waals surface area contributed by atoms with Crippen LogP contribution in [0.15, 0.2) is 0 Å². The zero-order chi connectivity index (χ0) is 13.3. The van der Waals surface area contributed by atoms with Crippen LogP contribution < -0.4 is 0 Å². The highest BCUT2D eigenvalue weighted by Gasteiger charge is 2.14. The van der Waals surface area contributed by atoms with Gasteiger partial charge < -0.3 is 9.42 Å². The van der Waals surface area contributed by atoms with Crippen molar-refractivity contribution in [3.63, 3.8) is 0 Å². The van der Waals surface area contributed by atoms with Gasteiger partial charge in [0.1, 0.15) is 0 Å². The number of hydrogen-bond donors (Lipinski definition) is 1. The third-order valence-electron chi connectivity index (χ3n) is 2.25. The molecule has 0 radical (unpaired) electrons. The summed E-state index contributed by atoms with van der Waals surface area (Å²) in [4.78, 5) is 9.87. The summed E-state index contributed by atoms with van der Waals surface area (Å²) in [6.07, 6.45) is 4.69. The molecule has 1 N–H and O–H groups in total. The molecule has 0 aromatic carbocycles. The molecule has 0 aromatic heterocycles. The van der Waals surface area contributed by atoms with Gasteiger partial charge in [0.05, 0.1) is 6.61 Å². The predicted molar refractivity (Wildman–Crippen MR) is 83.1 cm³/mol. The molecule has 0 aliphatic carbocycles. The first-order valence-corrected chi connectivity index (χ1v) is 10.7. The van der Waals surface area contributed by atoms with Gasteiger partial charge in [-0.3, -0.25) is 0 Å². The van der Waals surface area contributed by atoms with E-state index in [9.17, 15) is 4.89 Å². The highest BCUT2D eigenvalue weighted by molar-refractivity contribution is 8.67. The monoisotopic (exact) mass is 298 g/mol. The van der Waals surface area contributed by atoms with Crippen LogP contribution in [0.4, 0.5) is 0 Å². The maximum atomic E-state index is 9.87. The van der Waals surface area contributed by atoms with Crippen molar-refractivity contribution in [2.75, 3.05) is 12.4 Å². The Morgan fingerprint density at radius 2 is 1.76 bits per heavy atom. The Balaban J connectivity index is 3.49. The van der Waals surface area contributed by atoms with Crippen LogP contribution in [-0.4, -0.2) is 17.3 Å². The Hall–Kier alpha value is 0.920. The Bertz CT molecular complexity index is 233. The van der Waals surface area contributed by atoms with E-state index in [0.29, 0.717) is 12.5 Å². The van der Waals surface area contributed by atoms with E-state index in [1.165, 1.54) is 30.6 Å². The molecule has 0 bridgehead atoms. The van der Waals surface area contributed by atoms with Crippen molar-refractivity contribution in [2.24, 2.45) is 11.8 Å². The van der Waals surface area contributed by atoms with E-state index < -0.39 is 5.69 Å². The van der Waals surface area contributed by atoms with Gasteiger partial charge in [-0.1, -0.05) is 58.3 Å². The Morgan fingerprint density at radius 3 is 2.29 bits per heavy atom. The maximum absolute atomic E-state index is 9.87. The summed E-state index contributed by atoms with van der Waals surface area (Å²) < 4.78 is 5.43. The summed E-state index contributed by atoms with van der Waals surface area (Å²) in [6.45, 7) is 9.33. The molecule has 0 spiro atoms. The number of unbranched alkanes of at least 4 members (excludes halogenated alkanes) is 2. The lowest BCUT2D eigenvalue weighted by Gasteiger charge is -2.16. The van der Waals surface area contributed by atoms with Gasteiger partial charge in [-0.25, -0.2) is 0 Å². The largest absolute Gasteiger partial charge is 0.337 e. The quantitative estimate of drug-likeness (QED) is 0.462. The molecule has 0 aliphatic rings. The SMILES string of the molecule is CC(C)CCCCCOP(O)(=S)SCC(C)C. The van der Waals surface area contributed by atoms with Crippen molar-refractivity contribution in [3.8, 4) is 0 Å². The van der Waals surface area contributed by atoms with Crippen LogP contribution in [0.5, 0.6) is 0 Å². The highest BCUT2D eigenvalue weighted by Crippen LogP contribution is 2.56. The van der Waals surface area contributed by atoms with E-state index in [1.54, 1.807) is 0 Å². The Morgan fingerprint density at radius 1 is 1.12 bits per heavy atom. The van der Waals surface area contributed by atoms with Crippen LogP contribution >= 0.6 is 17.1 Å². The van der Waals surface area contributed by atoms with Crippen LogP contribution in [0.1, 0.15) is 53.4 Å². The van der Waals surface area contributed by atoms with Crippen LogP contribution in [0, 0.1) is 11.8 Å². The topological polar surface area (TPSA) is 29.5 Å². The molecule has 0 rings (SSSR count). The van der Waals surface area contributed by atoms with Crippen molar-refractivity contribution in [1.82, 2.24) is 0 Å². The molecule has 2 nitrogen and oxygen atoms in total. The zero-order valence-corrected chi connectivity index (χ0v) is 14.0. The molecule has 0 aliphatic heterocycles. The molecule has 1 atom stereocenters. The minimum Gasteiger partial charge on any atom is -0.337 e. The minimum absolute atomic E-state index is 0.545. The lowest BCUT2D eigenvalue weighted by molar-refractivity contribution is 0.306. The maximum Gasteiger partial charge on any atom is 0.244 e. The van der Waals surface area contributed by atoms with Crippen molar-refractivity contribution >= 4 is 28.9 Å². The molecule has 5 heteroatoms. The van der Waals surface area contributed by atoms with Gasteiger partial charge >= 0.3 is 0 Å². The van der Waals surface area contributed by atoms with Crippen molar-refractivity contribution in [1.29, 1.82) is 0 Å². The van der Waals surface area contributed by atoms with Gasteiger partial charge in [-0.15, -0.1) is 0 Å². The van der Waals surface area contributed by atoms with E-state index in [-0.39, 0.29) is 0 Å². The normalized spacial score (nSPS) is 15.5. The van der Waals surface area contributed by atoms with Crippen molar-refractivity contribution < 1.29 is 9.42 Å². The molecule has 0 amide bonds. The van der Waals surface area contributed by atoms with Crippen LogP contribution in [-0.2, 0) is 16.3 Å². The first kappa shape index (κ1) is 17.9. The second kappa shape index (κ2) is 9.80. The van der Waals surface area contributed by atoms with Gasteiger partial charge in [0.15, 0.2) is 0 Å². The average Bonchev–Trinajstić information content (AvgIpc) is 2.20. The van der Waals surface area contributed by atoms with E-state index in [0.717, 1.165) is 18.1 Å². The average molecular weight is 298 g/mol. The highest BCUT2D eigenvalue weighted by atomic mass is 32.9. The molecule has 1 unspecified atom stereocenters. The predicted octanol–water partition coefficient (Wildman–Crippen LogP) is 4.83. The third kappa shape index (κ3) is 13.2.